The number of aromatic nitrogens is 2. The number of benzene rings is 1. The van der Waals surface area contributed by atoms with Crippen LogP contribution in [0.25, 0.3) is 10.9 Å². The van der Waals surface area contributed by atoms with E-state index in [9.17, 15) is 4.79 Å². The van der Waals surface area contributed by atoms with Crippen LogP contribution in [-0.2, 0) is 0 Å². The Morgan fingerprint density at radius 2 is 1.83 bits per heavy atom. The minimum Gasteiger partial charge on any atom is -0.456 e. The second-order valence-corrected chi connectivity index (χ2v) is 8.25. The molecule has 2 aliphatic heterocycles. The van der Waals surface area contributed by atoms with Gasteiger partial charge in [0.2, 0.25) is 0 Å². The fourth-order valence-electron chi connectivity index (χ4n) is 5.08. The topological polar surface area (TPSA) is 62.5 Å². The van der Waals surface area contributed by atoms with Gasteiger partial charge in [-0.25, -0.2) is 9.97 Å². The van der Waals surface area contributed by atoms with Gasteiger partial charge in [-0.1, -0.05) is 12.1 Å². The van der Waals surface area contributed by atoms with Gasteiger partial charge in [-0.2, -0.15) is 0 Å². The second kappa shape index (κ2) is 7.17. The molecule has 0 N–H and O–H groups in total. The second-order valence-electron chi connectivity index (χ2n) is 8.25. The lowest BCUT2D eigenvalue weighted by molar-refractivity contribution is 0.0726. The van der Waals surface area contributed by atoms with Crippen molar-refractivity contribution in [3.63, 3.8) is 0 Å². The molecule has 2 aromatic heterocycles. The number of carbonyl (C=O) groups is 1. The van der Waals surface area contributed by atoms with Crippen molar-refractivity contribution in [2.45, 2.75) is 44.6 Å². The first-order valence-corrected chi connectivity index (χ1v) is 10.5. The Hall–Kier alpha value is -2.89. The first-order valence-electron chi connectivity index (χ1n) is 10.5. The normalized spacial score (nSPS) is 22.4. The summed E-state index contributed by atoms with van der Waals surface area (Å²) in [5.74, 6) is 2.27. The molecule has 2 fully saturated rings. The Kier molecular flexibility index (Phi) is 4.49. The van der Waals surface area contributed by atoms with Gasteiger partial charge in [0.25, 0.3) is 5.91 Å². The monoisotopic (exact) mass is 390 g/mol. The molecule has 3 aromatic rings. The summed E-state index contributed by atoms with van der Waals surface area (Å²) < 4.78 is 5.58. The lowest BCUT2D eigenvalue weighted by Crippen LogP contribution is -2.45. The zero-order valence-corrected chi connectivity index (χ0v) is 16.8. The number of nitrogens with zero attached hydrogens (tertiary/aromatic N) is 4. The summed E-state index contributed by atoms with van der Waals surface area (Å²) in [4.78, 5) is 26.5. The maximum absolute atomic E-state index is 12.9. The van der Waals surface area contributed by atoms with E-state index in [4.69, 9.17) is 9.40 Å². The average Bonchev–Trinajstić information content (AvgIpc) is 3.29. The van der Waals surface area contributed by atoms with Crippen molar-refractivity contribution in [2.75, 3.05) is 24.5 Å². The van der Waals surface area contributed by atoms with Crippen LogP contribution in [0.15, 0.2) is 47.1 Å². The Bertz CT molecular complexity index is 1040. The van der Waals surface area contributed by atoms with Gasteiger partial charge >= 0.3 is 0 Å². The number of furan rings is 1. The zero-order chi connectivity index (χ0) is 19.8. The standard InChI is InChI=1S/C23H26N4O2/c1-17-8-9-20(29-17)22(28)26-13-4-10-23(12-15-26)11-5-14-27(23)21-18-6-2-3-7-19(18)24-16-25-21/h2-3,6-9,16H,4-5,10-15H2,1H3/t23-/m1/s1. The van der Waals surface area contributed by atoms with Gasteiger partial charge in [0, 0.05) is 30.6 Å². The summed E-state index contributed by atoms with van der Waals surface area (Å²) in [6, 6.07) is 11.9. The number of fused-ring (bicyclic) bond motifs is 1. The number of hydrogen-bond donors (Lipinski definition) is 0. The Morgan fingerprint density at radius 1 is 1.00 bits per heavy atom. The Balaban J connectivity index is 1.42. The molecular formula is C23H26N4O2. The van der Waals surface area contributed by atoms with Crippen molar-refractivity contribution in [2.24, 2.45) is 0 Å². The molecule has 1 atom stereocenters. The van der Waals surface area contributed by atoms with Crippen LogP contribution in [0.5, 0.6) is 0 Å². The summed E-state index contributed by atoms with van der Waals surface area (Å²) >= 11 is 0. The molecule has 6 heteroatoms. The molecule has 6 nitrogen and oxygen atoms in total. The van der Waals surface area contributed by atoms with E-state index >= 15 is 0 Å². The zero-order valence-electron chi connectivity index (χ0n) is 16.8. The fraction of sp³-hybridized carbons (Fsp3) is 0.435. The van der Waals surface area contributed by atoms with Crippen LogP contribution in [-0.4, -0.2) is 45.9 Å². The van der Waals surface area contributed by atoms with Crippen molar-refractivity contribution < 1.29 is 9.21 Å². The highest BCUT2D eigenvalue weighted by Crippen LogP contribution is 2.42. The summed E-state index contributed by atoms with van der Waals surface area (Å²) in [7, 11) is 0. The lowest BCUT2D eigenvalue weighted by atomic mass is 9.87. The quantitative estimate of drug-likeness (QED) is 0.656. The first kappa shape index (κ1) is 18.2. The molecule has 0 radical (unpaired) electrons. The smallest absolute Gasteiger partial charge is 0.289 e. The summed E-state index contributed by atoms with van der Waals surface area (Å²) in [5.41, 5.74) is 1.05. The van der Waals surface area contributed by atoms with Crippen LogP contribution in [0.3, 0.4) is 0 Å². The van der Waals surface area contributed by atoms with Gasteiger partial charge in [0.1, 0.15) is 17.9 Å². The number of rotatable bonds is 2. The van der Waals surface area contributed by atoms with Gasteiger partial charge in [-0.15, -0.1) is 0 Å². The molecule has 5 rings (SSSR count). The molecule has 0 aliphatic carbocycles. The minimum atomic E-state index is 0.00665. The number of likely N-dealkylation sites (tertiary alicyclic amines) is 1. The predicted molar refractivity (Wildman–Crippen MR) is 112 cm³/mol. The Morgan fingerprint density at radius 3 is 2.66 bits per heavy atom. The third-order valence-electron chi connectivity index (χ3n) is 6.53. The third-order valence-corrected chi connectivity index (χ3v) is 6.53. The van der Waals surface area contributed by atoms with Gasteiger partial charge in [-0.05, 0) is 63.3 Å². The van der Waals surface area contributed by atoms with Crippen LogP contribution in [0.1, 0.15) is 48.4 Å². The SMILES string of the molecule is Cc1ccc(C(=O)N2CCC[C@@]3(CCCN3c3ncnc4ccccc34)CC2)o1. The van der Waals surface area contributed by atoms with E-state index in [-0.39, 0.29) is 11.4 Å². The van der Waals surface area contributed by atoms with Crippen molar-refractivity contribution in [1.82, 2.24) is 14.9 Å². The number of para-hydroxylation sites is 1. The van der Waals surface area contributed by atoms with E-state index in [1.54, 1.807) is 12.4 Å². The van der Waals surface area contributed by atoms with Crippen LogP contribution >= 0.6 is 0 Å². The van der Waals surface area contributed by atoms with Crippen molar-refractivity contribution in [3.05, 3.63) is 54.2 Å². The molecule has 0 saturated carbocycles. The van der Waals surface area contributed by atoms with E-state index < -0.39 is 0 Å². The van der Waals surface area contributed by atoms with Crippen LogP contribution in [0, 0.1) is 6.92 Å². The largest absolute Gasteiger partial charge is 0.456 e. The third kappa shape index (κ3) is 3.16. The van der Waals surface area contributed by atoms with E-state index in [0.29, 0.717) is 5.76 Å². The van der Waals surface area contributed by atoms with Crippen LogP contribution < -0.4 is 4.90 Å². The number of aryl methyl sites for hydroxylation is 1. The maximum atomic E-state index is 12.9. The molecule has 29 heavy (non-hydrogen) atoms. The number of carbonyl (C=O) groups excluding carboxylic acids is 1. The molecular weight excluding hydrogens is 364 g/mol. The van der Waals surface area contributed by atoms with Crippen LogP contribution in [0.2, 0.25) is 0 Å². The molecule has 4 heterocycles. The van der Waals surface area contributed by atoms with Crippen molar-refractivity contribution in [3.8, 4) is 0 Å². The summed E-state index contributed by atoms with van der Waals surface area (Å²) in [6.07, 6.45) is 7.00. The summed E-state index contributed by atoms with van der Waals surface area (Å²) in [6.45, 7) is 4.40. The van der Waals surface area contributed by atoms with E-state index in [1.807, 2.05) is 30.0 Å². The minimum absolute atomic E-state index is 0.00665. The molecule has 0 bridgehead atoms. The molecule has 2 saturated heterocycles. The van der Waals surface area contributed by atoms with Crippen molar-refractivity contribution >= 4 is 22.6 Å². The number of anilines is 1. The molecule has 150 valence electrons. The van der Waals surface area contributed by atoms with E-state index in [0.717, 1.165) is 74.2 Å². The highest BCUT2D eigenvalue weighted by molar-refractivity contribution is 5.92. The predicted octanol–water partition coefficient (Wildman–Crippen LogP) is 4.20. The number of hydrogen-bond acceptors (Lipinski definition) is 5. The summed E-state index contributed by atoms with van der Waals surface area (Å²) in [5, 5.41) is 1.11. The van der Waals surface area contributed by atoms with Gasteiger partial charge in [0.05, 0.1) is 5.52 Å². The van der Waals surface area contributed by atoms with Gasteiger partial charge < -0.3 is 14.2 Å². The lowest BCUT2D eigenvalue weighted by Gasteiger charge is -2.39. The maximum Gasteiger partial charge on any atom is 0.289 e. The Labute approximate surface area is 170 Å². The van der Waals surface area contributed by atoms with Gasteiger partial charge in [0.15, 0.2) is 5.76 Å². The molecule has 0 unspecified atom stereocenters. The highest BCUT2D eigenvalue weighted by Gasteiger charge is 2.43. The number of amides is 1. The van der Waals surface area contributed by atoms with Crippen LogP contribution in [0.4, 0.5) is 5.82 Å². The first-order chi connectivity index (χ1) is 14.2. The highest BCUT2D eigenvalue weighted by atomic mass is 16.3. The van der Waals surface area contributed by atoms with E-state index in [1.165, 1.54) is 0 Å². The van der Waals surface area contributed by atoms with Crippen molar-refractivity contribution in [1.29, 1.82) is 0 Å². The molecule has 1 aromatic carbocycles. The fourth-order valence-corrected chi connectivity index (χ4v) is 5.08. The average molecular weight is 390 g/mol. The molecule has 1 amide bonds. The van der Waals surface area contributed by atoms with Gasteiger partial charge in [-0.3, -0.25) is 4.79 Å². The molecule has 2 aliphatic rings. The van der Waals surface area contributed by atoms with E-state index in [2.05, 4.69) is 22.0 Å². The molecule has 1 spiro atoms.